The molecule has 0 radical (unpaired) electrons. The van der Waals surface area contributed by atoms with E-state index in [-0.39, 0.29) is 5.91 Å². The maximum Gasteiger partial charge on any atom is 0.261 e. The van der Waals surface area contributed by atoms with Gasteiger partial charge in [0.05, 0.1) is 17.1 Å². The fourth-order valence-corrected chi connectivity index (χ4v) is 3.01. The van der Waals surface area contributed by atoms with Gasteiger partial charge >= 0.3 is 0 Å². The fourth-order valence-electron chi connectivity index (χ4n) is 2.03. The summed E-state index contributed by atoms with van der Waals surface area (Å²) in [5.74, 6) is 0.910. The van der Waals surface area contributed by atoms with Gasteiger partial charge in [0.2, 0.25) is 0 Å². The molecular weight excluding hydrogens is 284 g/mol. The molecule has 1 aromatic carbocycles. The van der Waals surface area contributed by atoms with E-state index in [1.54, 1.807) is 0 Å². The standard InChI is InChI=1S/C16H16N2O2S/c1-10(2)13-8-12(20-18-13)9-17-16(19)15-7-11-5-3-4-6-14(11)21-15/h3-8,10H,9H2,1-2H3,(H,17,19). The molecule has 3 aromatic rings. The van der Waals surface area contributed by atoms with E-state index < -0.39 is 0 Å². The summed E-state index contributed by atoms with van der Waals surface area (Å²) in [6.45, 7) is 4.46. The predicted molar refractivity (Wildman–Crippen MR) is 83.6 cm³/mol. The highest BCUT2D eigenvalue weighted by molar-refractivity contribution is 7.20. The highest BCUT2D eigenvalue weighted by atomic mass is 32.1. The van der Waals surface area contributed by atoms with Crippen LogP contribution in [-0.4, -0.2) is 11.1 Å². The summed E-state index contributed by atoms with van der Waals surface area (Å²) in [4.78, 5) is 12.9. The van der Waals surface area contributed by atoms with Crippen LogP contribution in [0.1, 0.15) is 40.9 Å². The first-order chi connectivity index (χ1) is 10.1. The van der Waals surface area contributed by atoms with Gasteiger partial charge in [0.1, 0.15) is 0 Å². The van der Waals surface area contributed by atoms with Crippen LogP contribution in [0.4, 0.5) is 0 Å². The summed E-state index contributed by atoms with van der Waals surface area (Å²) in [5, 5.41) is 7.94. The molecule has 2 heterocycles. The zero-order valence-corrected chi connectivity index (χ0v) is 12.7. The minimum absolute atomic E-state index is 0.0845. The molecule has 0 saturated carbocycles. The molecule has 0 unspecified atom stereocenters. The monoisotopic (exact) mass is 300 g/mol. The topological polar surface area (TPSA) is 55.1 Å². The number of nitrogens with one attached hydrogen (secondary N) is 1. The Labute approximate surface area is 126 Å². The summed E-state index contributed by atoms with van der Waals surface area (Å²) in [6, 6.07) is 11.8. The molecule has 21 heavy (non-hydrogen) atoms. The highest BCUT2D eigenvalue weighted by Gasteiger charge is 2.12. The lowest BCUT2D eigenvalue weighted by Gasteiger charge is -1.99. The third kappa shape index (κ3) is 2.97. The molecule has 0 aliphatic rings. The highest BCUT2D eigenvalue weighted by Crippen LogP contribution is 2.25. The number of aromatic nitrogens is 1. The lowest BCUT2D eigenvalue weighted by atomic mass is 10.1. The van der Waals surface area contributed by atoms with E-state index in [1.165, 1.54) is 11.3 Å². The number of benzene rings is 1. The summed E-state index contributed by atoms with van der Waals surface area (Å²) < 4.78 is 6.33. The Bertz CT molecular complexity index is 740. The SMILES string of the molecule is CC(C)c1cc(CNC(=O)c2cc3ccccc3s2)on1. The number of hydrogen-bond acceptors (Lipinski definition) is 4. The number of rotatable bonds is 4. The van der Waals surface area contributed by atoms with Crippen LogP contribution in [0.15, 0.2) is 40.9 Å². The van der Waals surface area contributed by atoms with Gasteiger partial charge in [-0.3, -0.25) is 4.79 Å². The number of thiophene rings is 1. The molecule has 0 aliphatic heterocycles. The van der Waals surface area contributed by atoms with Gasteiger partial charge in [-0.15, -0.1) is 11.3 Å². The van der Waals surface area contributed by atoms with Gasteiger partial charge in [0, 0.05) is 10.8 Å². The van der Waals surface area contributed by atoms with Gasteiger partial charge in [-0.05, 0) is 23.4 Å². The van der Waals surface area contributed by atoms with E-state index in [4.69, 9.17) is 4.52 Å². The van der Waals surface area contributed by atoms with Crippen molar-refractivity contribution in [1.82, 2.24) is 10.5 Å². The van der Waals surface area contributed by atoms with Gasteiger partial charge in [-0.25, -0.2) is 0 Å². The van der Waals surface area contributed by atoms with E-state index in [0.29, 0.717) is 23.1 Å². The van der Waals surface area contributed by atoms with Gasteiger partial charge in [0.15, 0.2) is 5.76 Å². The molecule has 0 spiro atoms. The molecule has 0 saturated heterocycles. The molecular formula is C16H16N2O2S. The largest absolute Gasteiger partial charge is 0.359 e. The van der Waals surface area contributed by atoms with Crippen LogP contribution in [0.2, 0.25) is 0 Å². The number of fused-ring (bicyclic) bond motifs is 1. The van der Waals surface area contributed by atoms with E-state index in [1.807, 2.05) is 36.4 Å². The smallest absolute Gasteiger partial charge is 0.261 e. The molecule has 1 N–H and O–H groups in total. The third-order valence-electron chi connectivity index (χ3n) is 3.24. The number of hydrogen-bond donors (Lipinski definition) is 1. The number of carbonyl (C=O) groups is 1. The Morgan fingerprint density at radius 1 is 1.33 bits per heavy atom. The van der Waals surface area contributed by atoms with Crippen LogP contribution in [-0.2, 0) is 6.54 Å². The average Bonchev–Trinajstić information content (AvgIpc) is 3.11. The van der Waals surface area contributed by atoms with Crippen LogP contribution in [0.5, 0.6) is 0 Å². The number of amides is 1. The maximum absolute atomic E-state index is 12.2. The Kier molecular flexibility index (Phi) is 3.75. The molecule has 0 bridgehead atoms. The second kappa shape index (κ2) is 5.69. The van der Waals surface area contributed by atoms with Crippen molar-refractivity contribution in [2.75, 3.05) is 0 Å². The first kappa shape index (κ1) is 13.8. The second-order valence-corrected chi connectivity index (χ2v) is 6.29. The summed E-state index contributed by atoms with van der Waals surface area (Å²) in [5.41, 5.74) is 0.904. The Morgan fingerprint density at radius 2 is 2.14 bits per heavy atom. The number of nitrogens with zero attached hydrogens (tertiary/aromatic N) is 1. The molecule has 0 aliphatic carbocycles. The fraction of sp³-hybridized carbons (Fsp3) is 0.250. The van der Waals surface area contributed by atoms with Crippen molar-refractivity contribution in [3.05, 3.63) is 52.7 Å². The third-order valence-corrected chi connectivity index (χ3v) is 4.36. The zero-order valence-electron chi connectivity index (χ0n) is 11.9. The van der Waals surface area contributed by atoms with Crippen molar-refractivity contribution in [1.29, 1.82) is 0 Å². The molecule has 0 fully saturated rings. The second-order valence-electron chi connectivity index (χ2n) is 5.20. The predicted octanol–water partition coefficient (Wildman–Crippen LogP) is 3.94. The molecule has 108 valence electrons. The molecule has 1 amide bonds. The lowest BCUT2D eigenvalue weighted by Crippen LogP contribution is -2.21. The molecule has 5 heteroatoms. The van der Waals surface area contributed by atoms with E-state index in [0.717, 1.165) is 15.8 Å². The average molecular weight is 300 g/mol. The van der Waals surface area contributed by atoms with Crippen molar-refractivity contribution < 1.29 is 9.32 Å². The van der Waals surface area contributed by atoms with Crippen LogP contribution in [0.25, 0.3) is 10.1 Å². The van der Waals surface area contributed by atoms with E-state index >= 15 is 0 Å². The van der Waals surface area contributed by atoms with Gasteiger partial charge in [0.25, 0.3) is 5.91 Å². The Balaban J connectivity index is 1.68. The van der Waals surface area contributed by atoms with Gasteiger partial charge < -0.3 is 9.84 Å². The van der Waals surface area contributed by atoms with Crippen molar-refractivity contribution in [2.45, 2.75) is 26.3 Å². The first-order valence-corrected chi connectivity index (χ1v) is 7.67. The van der Waals surface area contributed by atoms with Crippen LogP contribution in [0, 0.1) is 0 Å². The quantitative estimate of drug-likeness (QED) is 0.794. The minimum Gasteiger partial charge on any atom is -0.359 e. The van der Waals surface area contributed by atoms with Crippen LogP contribution < -0.4 is 5.32 Å². The van der Waals surface area contributed by atoms with Gasteiger partial charge in [-0.2, -0.15) is 0 Å². The summed E-state index contributed by atoms with van der Waals surface area (Å²) in [6.07, 6.45) is 0. The summed E-state index contributed by atoms with van der Waals surface area (Å²) in [7, 11) is 0. The molecule has 2 aromatic heterocycles. The summed E-state index contributed by atoms with van der Waals surface area (Å²) >= 11 is 1.49. The number of carbonyl (C=O) groups excluding carboxylic acids is 1. The molecule has 4 nitrogen and oxygen atoms in total. The normalized spacial score (nSPS) is 11.2. The minimum atomic E-state index is -0.0845. The van der Waals surface area contributed by atoms with Crippen molar-refractivity contribution in [3.63, 3.8) is 0 Å². The van der Waals surface area contributed by atoms with Gasteiger partial charge in [-0.1, -0.05) is 37.2 Å². The van der Waals surface area contributed by atoms with E-state index in [2.05, 4.69) is 24.3 Å². The van der Waals surface area contributed by atoms with E-state index in [9.17, 15) is 4.79 Å². The van der Waals surface area contributed by atoms with Crippen molar-refractivity contribution in [2.24, 2.45) is 0 Å². The molecule has 3 rings (SSSR count). The zero-order chi connectivity index (χ0) is 14.8. The maximum atomic E-state index is 12.2. The van der Waals surface area contributed by atoms with Crippen molar-refractivity contribution in [3.8, 4) is 0 Å². The Hall–Kier alpha value is -2.14. The lowest BCUT2D eigenvalue weighted by molar-refractivity contribution is 0.0951. The van der Waals surface area contributed by atoms with Crippen LogP contribution >= 0.6 is 11.3 Å². The first-order valence-electron chi connectivity index (χ1n) is 6.86. The molecule has 0 atom stereocenters. The van der Waals surface area contributed by atoms with Crippen molar-refractivity contribution >= 4 is 27.3 Å². The Morgan fingerprint density at radius 3 is 2.86 bits per heavy atom. The van der Waals surface area contributed by atoms with Crippen LogP contribution in [0.3, 0.4) is 0 Å².